The van der Waals surface area contributed by atoms with Gasteiger partial charge in [-0.15, -0.1) is 0 Å². The zero-order valence-electron chi connectivity index (χ0n) is 14.2. The van der Waals surface area contributed by atoms with Crippen LogP contribution in [0.3, 0.4) is 0 Å². The van der Waals surface area contributed by atoms with Gasteiger partial charge in [0.1, 0.15) is 6.33 Å². The lowest BCUT2D eigenvalue weighted by Crippen LogP contribution is -2.58. The van der Waals surface area contributed by atoms with Crippen LogP contribution in [-0.2, 0) is 17.5 Å². The van der Waals surface area contributed by atoms with Gasteiger partial charge < -0.3 is 4.90 Å². The summed E-state index contributed by atoms with van der Waals surface area (Å²) in [7, 11) is 0. The van der Waals surface area contributed by atoms with Crippen molar-refractivity contribution < 1.29 is 26.7 Å². The fourth-order valence-corrected chi connectivity index (χ4v) is 2.72. The predicted octanol–water partition coefficient (Wildman–Crippen LogP) is 3.31. The number of rotatable bonds is 4. The van der Waals surface area contributed by atoms with E-state index >= 15 is 0 Å². The van der Waals surface area contributed by atoms with Crippen LogP contribution in [-0.4, -0.2) is 44.6 Å². The van der Waals surface area contributed by atoms with Crippen molar-refractivity contribution in [3.63, 3.8) is 0 Å². The largest absolute Gasteiger partial charge is 0.416 e. The molecule has 2 aromatic rings. The SMILES string of the molecule is C=C(Cn1cnc(-c2cc(C)cc(C(F)(F)F)c2)n1)C(=O)N1CC(F)(F)C1. The van der Waals surface area contributed by atoms with Gasteiger partial charge in [0.05, 0.1) is 25.2 Å². The molecule has 0 atom stereocenters. The first-order chi connectivity index (χ1) is 12.4. The molecule has 10 heteroatoms. The second-order valence-electron chi connectivity index (χ2n) is 6.47. The zero-order chi connectivity index (χ0) is 20.0. The second kappa shape index (κ2) is 6.43. The molecule has 1 aliphatic rings. The quantitative estimate of drug-likeness (QED) is 0.599. The maximum Gasteiger partial charge on any atom is 0.416 e. The van der Waals surface area contributed by atoms with Crippen LogP contribution in [0.2, 0.25) is 0 Å². The van der Waals surface area contributed by atoms with Gasteiger partial charge in [0.15, 0.2) is 5.82 Å². The van der Waals surface area contributed by atoms with Gasteiger partial charge >= 0.3 is 6.18 Å². The number of halogens is 5. The summed E-state index contributed by atoms with van der Waals surface area (Å²) >= 11 is 0. The third-order valence-electron chi connectivity index (χ3n) is 3.99. The summed E-state index contributed by atoms with van der Waals surface area (Å²) in [5, 5.41) is 4.06. The van der Waals surface area contributed by atoms with Crippen LogP contribution >= 0.6 is 0 Å². The van der Waals surface area contributed by atoms with Gasteiger partial charge in [0.2, 0.25) is 0 Å². The van der Waals surface area contributed by atoms with E-state index in [0.717, 1.165) is 17.0 Å². The Morgan fingerprint density at radius 3 is 2.52 bits per heavy atom. The Balaban J connectivity index is 1.73. The van der Waals surface area contributed by atoms with Gasteiger partial charge in [-0.25, -0.2) is 18.4 Å². The van der Waals surface area contributed by atoms with Crippen molar-refractivity contribution in [2.45, 2.75) is 25.6 Å². The third-order valence-corrected chi connectivity index (χ3v) is 3.99. The second-order valence-corrected chi connectivity index (χ2v) is 6.47. The monoisotopic (exact) mass is 386 g/mol. The van der Waals surface area contributed by atoms with Crippen LogP contribution < -0.4 is 0 Å². The Hall–Kier alpha value is -2.78. The number of likely N-dealkylation sites (tertiary alicyclic amines) is 1. The van der Waals surface area contributed by atoms with E-state index in [9.17, 15) is 26.7 Å². The highest BCUT2D eigenvalue weighted by atomic mass is 19.4. The normalized spacial score (nSPS) is 16.1. The Kier molecular flexibility index (Phi) is 4.52. The molecule has 1 aromatic heterocycles. The van der Waals surface area contributed by atoms with E-state index in [-0.39, 0.29) is 23.5 Å². The number of nitrogens with zero attached hydrogens (tertiary/aromatic N) is 4. The summed E-state index contributed by atoms with van der Waals surface area (Å²) in [6, 6.07) is 3.47. The number of hydrogen-bond donors (Lipinski definition) is 0. The molecule has 0 N–H and O–H groups in total. The molecule has 0 radical (unpaired) electrons. The summed E-state index contributed by atoms with van der Waals surface area (Å²) in [5.41, 5.74) is -0.204. The minimum absolute atomic E-state index is 0.0298. The highest BCUT2D eigenvalue weighted by Gasteiger charge is 2.46. The van der Waals surface area contributed by atoms with Gasteiger partial charge in [-0.1, -0.05) is 6.58 Å². The van der Waals surface area contributed by atoms with Crippen LogP contribution in [0.25, 0.3) is 11.4 Å². The average molecular weight is 386 g/mol. The highest BCUT2D eigenvalue weighted by Crippen LogP contribution is 2.32. The fraction of sp³-hybridized carbons (Fsp3) is 0.353. The molecule has 0 saturated carbocycles. The van der Waals surface area contributed by atoms with Crippen molar-refractivity contribution in [1.82, 2.24) is 19.7 Å². The van der Waals surface area contributed by atoms with E-state index in [1.807, 2.05) is 0 Å². The summed E-state index contributed by atoms with van der Waals surface area (Å²) in [4.78, 5) is 16.9. The van der Waals surface area contributed by atoms with Crippen molar-refractivity contribution in [1.29, 1.82) is 0 Å². The van der Waals surface area contributed by atoms with Crippen LogP contribution in [0.5, 0.6) is 0 Å². The Morgan fingerprint density at radius 1 is 1.26 bits per heavy atom. The predicted molar refractivity (Wildman–Crippen MR) is 85.9 cm³/mol. The number of carbonyl (C=O) groups is 1. The number of carbonyl (C=O) groups excluding carboxylic acids is 1. The standard InChI is InChI=1S/C17H15F5N4O/c1-10-3-12(5-13(4-10)17(20,21)22)14-23-9-26(24-14)6-11(2)15(27)25-7-16(18,19)8-25/h3-5,9H,2,6-8H2,1H3. The Bertz CT molecular complexity index is 895. The first kappa shape index (κ1) is 19.0. The van der Waals surface area contributed by atoms with Gasteiger partial charge in [-0.2, -0.15) is 18.3 Å². The molecular formula is C17H15F5N4O. The topological polar surface area (TPSA) is 51.0 Å². The van der Waals surface area contributed by atoms with Gasteiger partial charge in [-0.05, 0) is 30.7 Å². The number of alkyl halides is 5. The van der Waals surface area contributed by atoms with Crippen LogP contribution in [0.1, 0.15) is 11.1 Å². The highest BCUT2D eigenvalue weighted by molar-refractivity contribution is 5.93. The summed E-state index contributed by atoms with van der Waals surface area (Å²) < 4.78 is 65.8. The molecule has 1 saturated heterocycles. The molecule has 0 unspecified atom stereocenters. The van der Waals surface area contributed by atoms with Crippen molar-refractivity contribution >= 4 is 5.91 Å². The summed E-state index contributed by atoms with van der Waals surface area (Å²) in [6.07, 6.45) is -3.25. The smallest absolute Gasteiger partial charge is 0.327 e. The van der Waals surface area contributed by atoms with Crippen LogP contribution in [0.4, 0.5) is 22.0 Å². The number of aryl methyl sites for hydroxylation is 1. The Morgan fingerprint density at radius 2 is 1.93 bits per heavy atom. The first-order valence-electron chi connectivity index (χ1n) is 7.88. The number of amides is 1. The molecular weight excluding hydrogens is 371 g/mol. The van der Waals surface area contributed by atoms with E-state index in [0.29, 0.717) is 5.56 Å². The molecule has 1 aromatic carbocycles. The average Bonchev–Trinajstić information content (AvgIpc) is 2.98. The lowest BCUT2D eigenvalue weighted by atomic mass is 10.1. The first-order valence-corrected chi connectivity index (χ1v) is 7.88. The number of hydrogen-bond acceptors (Lipinski definition) is 3. The van der Waals surface area contributed by atoms with Crippen molar-refractivity contribution in [3.8, 4) is 11.4 Å². The minimum Gasteiger partial charge on any atom is -0.327 e. The van der Waals surface area contributed by atoms with Crippen LogP contribution in [0, 0.1) is 6.92 Å². The minimum atomic E-state index is -4.50. The Labute approximate surface area is 151 Å². The zero-order valence-corrected chi connectivity index (χ0v) is 14.2. The molecule has 3 rings (SSSR count). The molecule has 1 amide bonds. The van der Waals surface area contributed by atoms with Crippen molar-refractivity contribution in [2.24, 2.45) is 0 Å². The van der Waals surface area contributed by atoms with E-state index < -0.39 is 36.7 Å². The van der Waals surface area contributed by atoms with Crippen LogP contribution in [0.15, 0.2) is 36.7 Å². The molecule has 144 valence electrons. The summed E-state index contributed by atoms with van der Waals surface area (Å²) in [6.45, 7) is 3.68. The molecule has 5 nitrogen and oxygen atoms in total. The lowest BCUT2D eigenvalue weighted by molar-refractivity contribution is -0.162. The molecule has 0 spiro atoms. The molecule has 1 aliphatic heterocycles. The van der Waals surface area contributed by atoms with E-state index in [1.54, 1.807) is 0 Å². The molecule has 0 bridgehead atoms. The molecule has 27 heavy (non-hydrogen) atoms. The molecule has 0 aliphatic carbocycles. The molecule has 1 fully saturated rings. The molecule has 2 heterocycles. The lowest BCUT2D eigenvalue weighted by Gasteiger charge is -2.38. The third kappa shape index (κ3) is 4.15. The van der Waals surface area contributed by atoms with E-state index in [4.69, 9.17) is 0 Å². The fourth-order valence-electron chi connectivity index (χ4n) is 2.72. The summed E-state index contributed by atoms with van der Waals surface area (Å²) in [5.74, 6) is -3.44. The van der Waals surface area contributed by atoms with Gasteiger partial charge in [0, 0.05) is 11.1 Å². The van der Waals surface area contributed by atoms with E-state index in [2.05, 4.69) is 16.7 Å². The maximum atomic E-state index is 12.9. The number of aromatic nitrogens is 3. The van der Waals surface area contributed by atoms with Gasteiger partial charge in [-0.3, -0.25) is 4.79 Å². The number of benzene rings is 1. The maximum absolute atomic E-state index is 12.9. The van der Waals surface area contributed by atoms with Crippen molar-refractivity contribution in [2.75, 3.05) is 13.1 Å². The van der Waals surface area contributed by atoms with E-state index in [1.165, 1.54) is 24.0 Å². The van der Waals surface area contributed by atoms with Gasteiger partial charge in [0.25, 0.3) is 11.8 Å². The van der Waals surface area contributed by atoms with Crippen molar-refractivity contribution in [3.05, 3.63) is 47.8 Å².